The normalized spacial score (nSPS) is 10.6. The molecule has 1 heterocycles. The van der Waals surface area contributed by atoms with Crippen molar-refractivity contribution in [2.45, 2.75) is 20.4 Å². The van der Waals surface area contributed by atoms with Gasteiger partial charge in [0.25, 0.3) is 5.91 Å². The predicted octanol–water partition coefficient (Wildman–Crippen LogP) is 4.46. The lowest BCUT2D eigenvalue weighted by molar-refractivity contribution is 0.102. The van der Waals surface area contributed by atoms with Crippen LogP contribution >= 0.6 is 11.6 Å². The third-order valence-electron chi connectivity index (χ3n) is 4.22. The van der Waals surface area contributed by atoms with Gasteiger partial charge in [0.05, 0.1) is 13.7 Å². The molecule has 1 amide bonds. The van der Waals surface area contributed by atoms with Crippen molar-refractivity contribution in [3.63, 3.8) is 0 Å². The second-order valence-electron chi connectivity index (χ2n) is 6.04. The van der Waals surface area contributed by atoms with Crippen molar-refractivity contribution in [1.82, 2.24) is 9.78 Å². The quantitative estimate of drug-likeness (QED) is 0.722. The van der Waals surface area contributed by atoms with Crippen molar-refractivity contribution in [1.29, 1.82) is 0 Å². The Morgan fingerprint density at radius 2 is 1.92 bits per heavy atom. The summed E-state index contributed by atoms with van der Waals surface area (Å²) in [5.41, 5.74) is 3.40. The van der Waals surface area contributed by atoms with E-state index in [1.54, 1.807) is 19.2 Å². The fraction of sp³-hybridized carbons (Fsp3) is 0.200. The summed E-state index contributed by atoms with van der Waals surface area (Å²) in [6.45, 7) is 4.42. The summed E-state index contributed by atoms with van der Waals surface area (Å²) in [6.07, 6.45) is 0. The fourth-order valence-electron chi connectivity index (χ4n) is 2.76. The van der Waals surface area contributed by atoms with Gasteiger partial charge in [0.1, 0.15) is 5.75 Å². The van der Waals surface area contributed by atoms with Crippen molar-refractivity contribution in [3.8, 4) is 5.75 Å². The molecule has 0 saturated heterocycles. The van der Waals surface area contributed by atoms with Crippen molar-refractivity contribution in [3.05, 3.63) is 75.9 Å². The maximum atomic E-state index is 12.6. The molecule has 3 aromatic rings. The lowest BCUT2D eigenvalue weighted by atomic mass is 10.1. The van der Waals surface area contributed by atoms with Crippen LogP contribution < -0.4 is 10.1 Å². The zero-order valence-electron chi connectivity index (χ0n) is 14.9. The van der Waals surface area contributed by atoms with Gasteiger partial charge in [-0.25, -0.2) is 0 Å². The summed E-state index contributed by atoms with van der Waals surface area (Å²) in [6, 6.07) is 14.9. The van der Waals surface area contributed by atoms with Crippen LogP contribution in [-0.4, -0.2) is 22.8 Å². The maximum Gasteiger partial charge on any atom is 0.257 e. The van der Waals surface area contributed by atoms with Crippen molar-refractivity contribution in [2.24, 2.45) is 0 Å². The van der Waals surface area contributed by atoms with E-state index in [2.05, 4.69) is 10.4 Å². The Morgan fingerprint density at radius 1 is 1.19 bits per heavy atom. The molecule has 2 aromatic carbocycles. The number of amides is 1. The number of carbonyl (C=O) groups is 1. The monoisotopic (exact) mass is 369 g/mol. The number of benzene rings is 2. The first-order valence-electron chi connectivity index (χ1n) is 8.22. The highest BCUT2D eigenvalue weighted by Gasteiger charge is 2.14. The molecular formula is C20H20ClN3O2. The largest absolute Gasteiger partial charge is 0.496 e. The minimum Gasteiger partial charge on any atom is -0.496 e. The summed E-state index contributed by atoms with van der Waals surface area (Å²) in [4.78, 5) is 12.6. The highest BCUT2D eigenvalue weighted by atomic mass is 35.5. The summed E-state index contributed by atoms with van der Waals surface area (Å²) < 4.78 is 7.12. The number of hydrogen-bond donors (Lipinski definition) is 1. The number of methoxy groups -OCH3 is 1. The Bertz CT molecular complexity index is 933. The van der Waals surface area contributed by atoms with Crippen LogP contribution in [0.3, 0.4) is 0 Å². The van der Waals surface area contributed by atoms with Gasteiger partial charge in [-0.05, 0) is 43.7 Å². The van der Waals surface area contributed by atoms with Crippen molar-refractivity contribution in [2.75, 3.05) is 12.4 Å². The molecule has 0 aliphatic rings. The molecule has 1 aromatic heterocycles. The SMILES string of the molecule is COc1cccc(C(=O)Nc2cc(C)n(Cc3ccc(Cl)cc3)n2)c1C. The Labute approximate surface area is 157 Å². The van der Waals surface area contributed by atoms with Gasteiger partial charge in [0.15, 0.2) is 5.82 Å². The van der Waals surface area contributed by atoms with Gasteiger partial charge in [-0.3, -0.25) is 9.48 Å². The molecule has 5 nitrogen and oxygen atoms in total. The number of carbonyl (C=O) groups excluding carboxylic acids is 1. The highest BCUT2D eigenvalue weighted by Crippen LogP contribution is 2.22. The van der Waals surface area contributed by atoms with Crippen molar-refractivity contribution >= 4 is 23.3 Å². The van der Waals surface area contributed by atoms with E-state index in [0.29, 0.717) is 28.7 Å². The van der Waals surface area contributed by atoms with Crippen LogP contribution in [0.15, 0.2) is 48.5 Å². The number of hydrogen-bond acceptors (Lipinski definition) is 3. The number of nitrogens with zero attached hydrogens (tertiary/aromatic N) is 2. The van der Waals surface area contributed by atoms with Crippen LogP contribution in [0.2, 0.25) is 5.02 Å². The third-order valence-corrected chi connectivity index (χ3v) is 4.47. The highest BCUT2D eigenvalue weighted by molar-refractivity contribution is 6.30. The average Bonchev–Trinajstić information content (AvgIpc) is 2.96. The average molecular weight is 370 g/mol. The standard InChI is InChI=1S/C20H20ClN3O2/c1-13-11-19(23-24(13)12-15-7-9-16(21)10-8-15)22-20(25)17-5-4-6-18(26-3)14(17)2/h4-11H,12H2,1-3H3,(H,22,23,25). The minimum atomic E-state index is -0.211. The predicted molar refractivity (Wildman–Crippen MR) is 103 cm³/mol. The van der Waals surface area contributed by atoms with E-state index in [0.717, 1.165) is 16.8 Å². The molecule has 0 aliphatic heterocycles. The number of ether oxygens (including phenoxy) is 1. The van der Waals surface area contributed by atoms with Gasteiger partial charge in [-0.15, -0.1) is 0 Å². The summed E-state index contributed by atoms with van der Waals surface area (Å²) in [5, 5.41) is 8.05. The fourth-order valence-corrected chi connectivity index (χ4v) is 2.89. The number of anilines is 1. The van der Waals surface area contributed by atoms with Crippen LogP contribution in [0.4, 0.5) is 5.82 Å². The van der Waals surface area contributed by atoms with Gasteiger partial charge in [0.2, 0.25) is 0 Å². The molecule has 26 heavy (non-hydrogen) atoms. The lowest BCUT2D eigenvalue weighted by Gasteiger charge is -2.09. The minimum absolute atomic E-state index is 0.211. The lowest BCUT2D eigenvalue weighted by Crippen LogP contribution is -2.14. The van der Waals surface area contributed by atoms with Gasteiger partial charge in [-0.1, -0.05) is 29.8 Å². The van der Waals surface area contributed by atoms with Crippen LogP contribution in [0.5, 0.6) is 5.75 Å². The van der Waals surface area contributed by atoms with E-state index >= 15 is 0 Å². The van der Waals surface area contributed by atoms with E-state index in [1.807, 2.05) is 54.9 Å². The second-order valence-corrected chi connectivity index (χ2v) is 6.48. The molecule has 6 heteroatoms. The topological polar surface area (TPSA) is 56.1 Å². The Kier molecular flexibility index (Phi) is 5.28. The van der Waals surface area contributed by atoms with Gasteiger partial charge in [-0.2, -0.15) is 5.10 Å². The Hall–Kier alpha value is -2.79. The molecule has 0 spiro atoms. The first-order chi connectivity index (χ1) is 12.5. The summed E-state index contributed by atoms with van der Waals surface area (Å²) in [5.74, 6) is 0.989. The molecule has 0 aliphatic carbocycles. The first kappa shape index (κ1) is 18.0. The van der Waals surface area contributed by atoms with Crippen LogP contribution in [0.25, 0.3) is 0 Å². The summed E-state index contributed by atoms with van der Waals surface area (Å²) >= 11 is 5.92. The van der Waals surface area contributed by atoms with Crippen LogP contribution in [0.1, 0.15) is 27.2 Å². The van der Waals surface area contributed by atoms with Gasteiger partial charge >= 0.3 is 0 Å². The number of nitrogens with one attached hydrogen (secondary N) is 1. The number of rotatable bonds is 5. The number of aryl methyl sites for hydroxylation is 1. The van der Waals surface area contributed by atoms with Gasteiger partial charge < -0.3 is 10.1 Å². The molecule has 1 N–H and O–H groups in total. The molecular weight excluding hydrogens is 350 g/mol. The van der Waals surface area contributed by atoms with E-state index in [-0.39, 0.29) is 5.91 Å². The first-order valence-corrected chi connectivity index (χ1v) is 8.59. The molecule has 0 fully saturated rings. The van der Waals surface area contributed by atoms with Gasteiger partial charge in [0, 0.05) is 27.9 Å². The molecule has 0 unspecified atom stereocenters. The zero-order chi connectivity index (χ0) is 18.7. The number of halogens is 1. The molecule has 0 bridgehead atoms. The molecule has 0 atom stereocenters. The number of aromatic nitrogens is 2. The van der Waals surface area contributed by atoms with E-state index in [1.165, 1.54) is 0 Å². The molecule has 0 radical (unpaired) electrons. The molecule has 134 valence electrons. The van der Waals surface area contributed by atoms with Crippen molar-refractivity contribution < 1.29 is 9.53 Å². The second kappa shape index (κ2) is 7.62. The van der Waals surface area contributed by atoms with Crippen LogP contribution in [-0.2, 0) is 6.54 Å². The Balaban J connectivity index is 1.77. The maximum absolute atomic E-state index is 12.6. The zero-order valence-corrected chi connectivity index (χ0v) is 15.7. The van der Waals surface area contributed by atoms with E-state index < -0.39 is 0 Å². The van der Waals surface area contributed by atoms with E-state index in [4.69, 9.17) is 16.3 Å². The summed E-state index contributed by atoms with van der Waals surface area (Å²) in [7, 11) is 1.59. The van der Waals surface area contributed by atoms with Crippen LogP contribution in [0, 0.1) is 13.8 Å². The van der Waals surface area contributed by atoms with E-state index in [9.17, 15) is 4.79 Å². The Morgan fingerprint density at radius 3 is 2.62 bits per heavy atom. The smallest absolute Gasteiger partial charge is 0.257 e. The molecule has 3 rings (SSSR count). The third kappa shape index (κ3) is 3.89. The molecule has 0 saturated carbocycles.